The average Bonchev–Trinajstić information content (AvgIpc) is 2.95. The van der Waals surface area contributed by atoms with Crippen LogP contribution in [0.25, 0.3) is 0 Å². The van der Waals surface area contributed by atoms with Gasteiger partial charge in [0.1, 0.15) is 5.75 Å². The van der Waals surface area contributed by atoms with E-state index in [1.165, 1.54) is 23.1 Å². The maximum atomic E-state index is 12.1. The van der Waals surface area contributed by atoms with Crippen molar-refractivity contribution >= 4 is 34.5 Å². The van der Waals surface area contributed by atoms with E-state index >= 15 is 0 Å². The van der Waals surface area contributed by atoms with Crippen LogP contribution in [0.3, 0.4) is 0 Å². The van der Waals surface area contributed by atoms with E-state index in [1.54, 1.807) is 11.3 Å². The Morgan fingerprint density at radius 3 is 2.82 bits per heavy atom. The fourth-order valence-corrected chi connectivity index (χ4v) is 2.85. The van der Waals surface area contributed by atoms with Crippen molar-refractivity contribution < 1.29 is 18.3 Å². The van der Waals surface area contributed by atoms with Crippen LogP contribution in [0, 0.1) is 0 Å². The second kappa shape index (κ2) is 8.10. The highest BCUT2D eigenvalue weighted by molar-refractivity contribution is 7.09. The number of ether oxygens (including phenoxy) is 1. The van der Waals surface area contributed by atoms with Gasteiger partial charge in [-0.15, -0.1) is 11.3 Å². The fourth-order valence-electron chi connectivity index (χ4n) is 1.87. The summed E-state index contributed by atoms with van der Waals surface area (Å²) >= 11 is 7.48. The molecule has 1 heterocycles. The van der Waals surface area contributed by atoms with Gasteiger partial charge in [0.2, 0.25) is 5.91 Å². The number of carbonyl (C=O) groups is 1. The zero-order valence-corrected chi connectivity index (χ0v) is 13.1. The molecule has 1 amide bonds. The Balaban J connectivity index is 1.82. The summed E-state index contributed by atoms with van der Waals surface area (Å²) in [6, 6.07) is 8.17. The first kappa shape index (κ1) is 16.7. The topological polar surface area (TPSA) is 38.3 Å². The Bertz CT molecular complexity index is 620. The summed E-state index contributed by atoms with van der Waals surface area (Å²) in [7, 11) is 0. The number of nitrogens with one attached hydrogen (secondary N) is 1. The number of rotatable bonds is 7. The minimum atomic E-state index is -2.94. The molecule has 1 aromatic carbocycles. The monoisotopic (exact) mass is 345 g/mol. The molecule has 3 nitrogen and oxygen atoms in total. The van der Waals surface area contributed by atoms with Crippen LogP contribution in [0.4, 0.5) is 14.5 Å². The minimum Gasteiger partial charge on any atom is -0.433 e. The Morgan fingerprint density at radius 2 is 2.18 bits per heavy atom. The van der Waals surface area contributed by atoms with Crippen molar-refractivity contribution in [2.24, 2.45) is 0 Å². The van der Waals surface area contributed by atoms with Gasteiger partial charge in [-0.05, 0) is 42.5 Å². The smallest absolute Gasteiger partial charge is 0.387 e. The first-order chi connectivity index (χ1) is 10.5. The Hall–Kier alpha value is -1.66. The molecule has 0 unspecified atom stereocenters. The summed E-state index contributed by atoms with van der Waals surface area (Å²) in [6.45, 7) is -2.94. The van der Waals surface area contributed by atoms with Crippen LogP contribution in [-0.2, 0) is 11.2 Å². The van der Waals surface area contributed by atoms with E-state index < -0.39 is 6.61 Å². The molecular formula is C15H14ClF2NO2S. The number of anilines is 1. The number of alkyl halides is 2. The molecule has 0 aliphatic carbocycles. The van der Waals surface area contributed by atoms with E-state index in [0.29, 0.717) is 12.1 Å². The third-order valence-electron chi connectivity index (χ3n) is 2.84. The van der Waals surface area contributed by atoms with E-state index in [4.69, 9.17) is 11.6 Å². The number of aryl methyl sites for hydroxylation is 1. The molecule has 2 rings (SSSR count). The second-order valence-electron chi connectivity index (χ2n) is 4.50. The Morgan fingerprint density at radius 1 is 1.36 bits per heavy atom. The molecule has 1 N–H and O–H groups in total. The van der Waals surface area contributed by atoms with Gasteiger partial charge in [-0.3, -0.25) is 4.79 Å². The predicted octanol–water partition coefficient (Wildman–Crippen LogP) is 4.96. The largest absolute Gasteiger partial charge is 0.433 e. The van der Waals surface area contributed by atoms with Crippen molar-refractivity contribution in [3.8, 4) is 5.75 Å². The number of benzene rings is 1. The lowest BCUT2D eigenvalue weighted by atomic mass is 10.2. The van der Waals surface area contributed by atoms with Crippen molar-refractivity contribution in [1.82, 2.24) is 0 Å². The third-order valence-corrected chi connectivity index (χ3v) is 4.07. The van der Waals surface area contributed by atoms with Gasteiger partial charge in [0.25, 0.3) is 0 Å². The van der Waals surface area contributed by atoms with Crippen molar-refractivity contribution in [2.75, 3.05) is 5.32 Å². The Labute approximate surface area is 135 Å². The van der Waals surface area contributed by atoms with Crippen LogP contribution in [0.15, 0.2) is 35.7 Å². The lowest BCUT2D eigenvalue weighted by molar-refractivity contribution is -0.116. The molecule has 2 aromatic rings. The predicted molar refractivity (Wildman–Crippen MR) is 84.0 cm³/mol. The van der Waals surface area contributed by atoms with Crippen LogP contribution in [0.1, 0.15) is 17.7 Å². The van der Waals surface area contributed by atoms with Gasteiger partial charge in [0.05, 0.1) is 5.02 Å². The molecule has 7 heteroatoms. The third kappa shape index (κ3) is 5.27. The molecule has 0 spiro atoms. The van der Waals surface area contributed by atoms with Crippen LogP contribution >= 0.6 is 22.9 Å². The van der Waals surface area contributed by atoms with Crippen LogP contribution in [-0.4, -0.2) is 12.5 Å². The second-order valence-corrected chi connectivity index (χ2v) is 5.94. The van der Waals surface area contributed by atoms with Gasteiger partial charge >= 0.3 is 6.61 Å². The number of halogens is 3. The van der Waals surface area contributed by atoms with Gasteiger partial charge in [0.15, 0.2) is 0 Å². The zero-order valence-electron chi connectivity index (χ0n) is 11.5. The van der Waals surface area contributed by atoms with Crippen molar-refractivity contribution in [3.63, 3.8) is 0 Å². The van der Waals surface area contributed by atoms with E-state index in [2.05, 4.69) is 10.1 Å². The van der Waals surface area contributed by atoms with Crippen LogP contribution in [0.2, 0.25) is 5.02 Å². The summed E-state index contributed by atoms with van der Waals surface area (Å²) in [6.07, 6.45) is 1.98. The van der Waals surface area contributed by atoms with Gasteiger partial charge in [-0.25, -0.2) is 0 Å². The first-order valence-electron chi connectivity index (χ1n) is 6.61. The number of thiophene rings is 1. The molecule has 0 aliphatic rings. The van der Waals surface area contributed by atoms with Crippen LogP contribution in [0.5, 0.6) is 5.75 Å². The van der Waals surface area contributed by atoms with Crippen molar-refractivity contribution in [2.45, 2.75) is 25.9 Å². The number of amides is 1. The molecule has 1 aromatic heterocycles. The zero-order chi connectivity index (χ0) is 15.9. The summed E-state index contributed by atoms with van der Waals surface area (Å²) in [5, 5.41) is 4.71. The van der Waals surface area contributed by atoms with Gasteiger partial charge in [-0.1, -0.05) is 17.7 Å². The number of hydrogen-bond acceptors (Lipinski definition) is 3. The van der Waals surface area contributed by atoms with Gasteiger partial charge < -0.3 is 10.1 Å². The van der Waals surface area contributed by atoms with Gasteiger partial charge in [0, 0.05) is 17.0 Å². The summed E-state index contributed by atoms with van der Waals surface area (Å²) in [5.74, 6) is -0.262. The Kier molecular flexibility index (Phi) is 6.15. The van der Waals surface area contributed by atoms with E-state index in [9.17, 15) is 13.6 Å². The molecule has 0 radical (unpaired) electrons. The molecule has 0 saturated carbocycles. The molecular weight excluding hydrogens is 332 g/mol. The quantitative estimate of drug-likeness (QED) is 0.769. The van der Waals surface area contributed by atoms with Crippen molar-refractivity contribution in [1.29, 1.82) is 0 Å². The molecule has 0 atom stereocenters. The average molecular weight is 346 g/mol. The number of carbonyl (C=O) groups excluding carboxylic acids is 1. The first-order valence-corrected chi connectivity index (χ1v) is 7.87. The molecule has 22 heavy (non-hydrogen) atoms. The fraction of sp³-hybridized carbons (Fsp3) is 0.267. The van der Waals surface area contributed by atoms with Crippen LogP contribution < -0.4 is 10.1 Å². The lowest BCUT2D eigenvalue weighted by Crippen LogP contribution is -2.11. The molecule has 0 bridgehead atoms. The molecule has 0 aliphatic heterocycles. The maximum Gasteiger partial charge on any atom is 0.387 e. The normalized spacial score (nSPS) is 10.7. The molecule has 118 valence electrons. The summed E-state index contributed by atoms with van der Waals surface area (Å²) in [4.78, 5) is 13.1. The highest BCUT2D eigenvalue weighted by atomic mass is 35.5. The number of hydrogen-bond donors (Lipinski definition) is 1. The minimum absolute atomic E-state index is 0.0247. The summed E-state index contributed by atoms with van der Waals surface area (Å²) < 4.78 is 28.5. The standard InChI is InChI=1S/C15H14ClF2NO2S/c16-12-9-10(6-7-13(12)21-15(17)18)19-14(20)5-1-3-11-4-2-8-22-11/h2,4,6-9,15H,1,3,5H2,(H,19,20). The summed E-state index contributed by atoms with van der Waals surface area (Å²) in [5.41, 5.74) is 0.452. The lowest BCUT2D eigenvalue weighted by Gasteiger charge is -2.09. The van der Waals surface area contributed by atoms with E-state index in [0.717, 1.165) is 12.8 Å². The molecule has 0 saturated heterocycles. The SMILES string of the molecule is O=C(CCCc1cccs1)Nc1ccc(OC(F)F)c(Cl)c1. The highest BCUT2D eigenvalue weighted by Gasteiger charge is 2.10. The van der Waals surface area contributed by atoms with E-state index in [-0.39, 0.29) is 16.7 Å². The van der Waals surface area contributed by atoms with Crippen molar-refractivity contribution in [3.05, 3.63) is 45.6 Å². The molecule has 0 fully saturated rings. The van der Waals surface area contributed by atoms with Gasteiger partial charge in [-0.2, -0.15) is 8.78 Å². The highest BCUT2D eigenvalue weighted by Crippen LogP contribution is 2.29. The van der Waals surface area contributed by atoms with E-state index in [1.807, 2.05) is 17.5 Å². The maximum absolute atomic E-state index is 12.1.